The van der Waals surface area contributed by atoms with Crippen molar-refractivity contribution < 1.29 is 4.79 Å². The highest BCUT2D eigenvalue weighted by Crippen LogP contribution is 2.04. The smallest absolute Gasteiger partial charge is 0.319 e. The Morgan fingerprint density at radius 1 is 1.44 bits per heavy atom. The van der Waals surface area contributed by atoms with Crippen LogP contribution in [0.25, 0.3) is 0 Å². The first kappa shape index (κ1) is 12.1. The third-order valence-corrected chi connectivity index (χ3v) is 2.39. The van der Waals surface area contributed by atoms with Crippen molar-refractivity contribution in [3.8, 4) is 0 Å². The average molecular weight is 245 g/mol. The van der Waals surface area contributed by atoms with Crippen LogP contribution in [0.15, 0.2) is 36.9 Å². The summed E-state index contributed by atoms with van der Waals surface area (Å²) in [5.41, 5.74) is 1.64. The van der Waals surface area contributed by atoms with Gasteiger partial charge in [0, 0.05) is 31.7 Å². The lowest BCUT2D eigenvalue weighted by atomic mass is 10.3. The van der Waals surface area contributed by atoms with Crippen molar-refractivity contribution >= 4 is 11.7 Å². The number of rotatable bonds is 4. The normalized spacial score (nSPS) is 10.1. The number of aryl methyl sites for hydroxylation is 1. The summed E-state index contributed by atoms with van der Waals surface area (Å²) in [6.45, 7) is 3.21. The molecule has 0 saturated carbocycles. The van der Waals surface area contributed by atoms with Gasteiger partial charge in [-0.25, -0.2) is 4.79 Å². The first-order chi connectivity index (χ1) is 8.78. The maximum absolute atomic E-state index is 11.6. The molecule has 0 aliphatic carbocycles. The molecule has 0 saturated heterocycles. The zero-order chi connectivity index (χ0) is 12.8. The second-order valence-corrected chi connectivity index (χ2v) is 3.75. The van der Waals surface area contributed by atoms with E-state index in [0.717, 1.165) is 12.1 Å². The molecule has 0 aromatic carbocycles. The number of aromatic nitrogens is 3. The summed E-state index contributed by atoms with van der Waals surface area (Å²) in [5.74, 6) is 0. The van der Waals surface area contributed by atoms with Crippen molar-refractivity contribution in [2.75, 3.05) is 5.32 Å². The first-order valence-electron chi connectivity index (χ1n) is 5.74. The summed E-state index contributed by atoms with van der Waals surface area (Å²) in [5, 5.41) is 9.53. The molecule has 2 heterocycles. The molecule has 0 atom stereocenters. The number of anilines is 1. The molecule has 2 aromatic heterocycles. The molecule has 0 aliphatic rings. The Bertz CT molecular complexity index is 508. The minimum atomic E-state index is -0.255. The van der Waals surface area contributed by atoms with Gasteiger partial charge in [-0.15, -0.1) is 0 Å². The van der Waals surface area contributed by atoms with Crippen molar-refractivity contribution in [1.82, 2.24) is 20.1 Å². The molecule has 18 heavy (non-hydrogen) atoms. The monoisotopic (exact) mass is 245 g/mol. The number of pyridine rings is 1. The van der Waals surface area contributed by atoms with E-state index in [1.807, 2.05) is 19.1 Å². The first-order valence-corrected chi connectivity index (χ1v) is 5.74. The highest BCUT2D eigenvalue weighted by Gasteiger charge is 2.03. The lowest BCUT2D eigenvalue weighted by Gasteiger charge is -2.05. The van der Waals surface area contributed by atoms with Gasteiger partial charge in [0.2, 0.25) is 0 Å². The Hall–Kier alpha value is -2.37. The molecule has 2 N–H and O–H groups in total. The van der Waals surface area contributed by atoms with Crippen LogP contribution in [0.3, 0.4) is 0 Å². The van der Waals surface area contributed by atoms with Gasteiger partial charge in [0.1, 0.15) is 0 Å². The van der Waals surface area contributed by atoms with Crippen LogP contribution in [0.4, 0.5) is 10.5 Å². The standard InChI is InChI=1S/C12H15N5O/c1-2-17-9-11(8-15-17)16-12(18)14-7-10-4-3-5-13-6-10/h3-6,8-9H,2,7H2,1H3,(H2,14,16,18). The van der Waals surface area contributed by atoms with E-state index < -0.39 is 0 Å². The lowest BCUT2D eigenvalue weighted by Crippen LogP contribution is -2.28. The minimum absolute atomic E-state index is 0.255. The Labute approximate surface area is 105 Å². The predicted octanol–water partition coefficient (Wildman–Crippen LogP) is 1.62. The summed E-state index contributed by atoms with van der Waals surface area (Å²) in [7, 11) is 0. The SMILES string of the molecule is CCn1cc(NC(=O)NCc2cccnc2)cn1. The highest BCUT2D eigenvalue weighted by atomic mass is 16.2. The van der Waals surface area contributed by atoms with Crippen LogP contribution in [-0.2, 0) is 13.1 Å². The van der Waals surface area contributed by atoms with Crippen LogP contribution < -0.4 is 10.6 Å². The van der Waals surface area contributed by atoms with E-state index in [-0.39, 0.29) is 6.03 Å². The second kappa shape index (κ2) is 5.81. The van der Waals surface area contributed by atoms with Crippen molar-refractivity contribution in [1.29, 1.82) is 0 Å². The number of amides is 2. The fraction of sp³-hybridized carbons (Fsp3) is 0.250. The van der Waals surface area contributed by atoms with E-state index in [0.29, 0.717) is 12.2 Å². The van der Waals surface area contributed by atoms with Crippen molar-refractivity contribution in [3.05, 3.63) is 42.5 Å². The summed E-state index contributed by atoms with van der Waals surface area (Å²) < 4.78 is 1.75. The Morgan fingerprint density at radius 3 is 3.00 bits per heavy atom. The van der Waals surface area contributed by atoms with Gasteiger partial charge in [0.05, 0.1) is 11.9 Å². The summed E-state index contributed by atoms with van der Waals surface area (Å²) in [4.78, 5) is 15.6. The van der Waals surface area contributed by atoms with Gasteiger partial charge in [0.25, 0.3) is 0 Å². The zero-order valence-corrected chi connectivity index (χ0v) is 10.1. The van der Waals surface area contributed by atoms with Crippen molar-refractivity contribution in [2.24, 2.45) is 0 Å². The zero-order valence-electron chi connectivity index (χ0n) is 10.1. The molecule has 2 aromatic rings. The van der Waals surface area contributed by atoms with E-state index in [1.54, 1.807) is 29.5 Å². The average Bonchev–Trinajstić information content (AvgIpc) is 2.85. The van der Waals surface area contributed by atoms with Gasteiger partial charge >= 0.3 is 6.03 Å². The van der Waals surface area contributed by atoms with Crippen LogP contribution in [0, 0.1) is 0 Å². The molecule has 2 amide bonds. The summed E-state index contributed by atoms with van der Waals surface area (Å²) >= 11 is 0. The van der Waals surface area contributed by atoms with E-state index in [9.17, 15) is 4.79 Å². The van der Waals surface area contributed by atoms with Crippen LogP contribution >= 0.6 is 0 Å². The van der Waals surface area contributed by atoms with E-state index in [2.05, 4.69) is 20.7 Å². The number of carbonyl (C=O) groups excluding carboxylic acids is 1. The highest BCUT2D eigenvalue weighted by molar-refractivity contribution is 5.88. The van der Waals surface area contributed by atoms with Gasteiger partial charge in [-0.2, -0.15) is 5.10 Å². The van der Waals surface area contributed by atoms with Crippen molar-refractivity contribution in [2.45, 2.75) is 20.0 Å². The Kier molecular flexibility index (Phi) is 3.90. The van der Waals surface area contributed by atoms with E-state index in [4.69, 9.17) is 0 Å². The molecular weight excluding hydrogens is 230 g/mol. The van der Waals surface area contributed by atoms with Crippen molar-refractivity contribution in [3.63, 3.8) is 0 Å². The number of nitrogens with zero attached hydrogens (tertiary/aromatic N) is 3. The van der Waals surface area contributed by atoms with Gasteiger partial charge in [-0.1, -0.05) is 6.07 Å². The number of hydrogen-bond donors (Lipinski definition) is 2. The molecule has 94 valence electrons. The quantitative estimate of drug-likeness (QED) is 0.859. The minimum Gasteiger partial charge on any atom is -0.334 e. The fourth-order valence-corrected chi connectivity index (χ4v) is 1.46. The van der Waals surface area contributed by atoms with Gasteiger partial charge in [-0.3, -0.25) is 9.67 Å². The number of urea groups is 1. The third-order valence-electron chi connectivity index (χ3n) is 2.39. The molecular formula is C12H15N5O. The molecule has 0 bridgehead atoms. The number of carbonyl (C=O) groups is 1. The van der Waals surface area contributed by atoms with E-state index >= 15 is 0 Å². The third kappa shape index (κ3) is 3.31. The Morgan fingerprint density at radius 2 is 2.33 bits per heavy atom. The molecule has 0 aliphatic heterocycles. The van der Waals surface area contributed by atoms with Gasteiger partial charge in [0.15, 0.2) is 0 Å². The second-order valence-electron chi connectivity index (χ2n) is 3.75. The maximum atomic E-state index is 11.6. The van der Waals surface area contributed by atoms with Gasteiger partial charge in [-0.05, 0) is 18.6 Å². The summed E-state index contributed by atoms with van der Waals surface area (Å²) in [6.07, 6.45) is 6.81. The number of hydrogen-bond acceptors (Lipinski definition) is 3. The van der Waals surface area contributed by atoms with Crippen LogP contribution in [-0.4, -0.2) is 20.8 Å². The predicted molar refractivity (Wildman–Crippen MR) is 68.0 cm³/mol. The molecule has 0 radical (unpaired) electrons. The van der Waals surface area contributed by atoms with Crippen LogP contribution in [0.5, 0.6) is 0 Å². The van der Waals surface area contributed by atoms with Crippen LogP contribution in [0.2, 0.25) is 0 Å². The molecule has 6 nitrogen and oxygen atoms in total. The maximum Gasteiger partial charge on any atom is 0.319 e. The molecule has 0 unspecified atom stereocenters. The molecule has 0 fully saturated rings. The number of nitrogens with one attached hydrogen (secondary N) is 2. The molecule has 2 rings (SSSR count). The Balaban J connectivity index is 1.82. The largest absolute Gasteiger partial charge is 0.334 e. The topological polar surface area (TPSA) is 71.8 Å². The molecule has 6 heteroatoms. The molecule has 0 spiro atoms. The van der Waals surface area contributed by atoms with Crippen LogP contribution in [0.1, 0.15) is 12.5 Å². The van der Waals surface area contributed by atoms with E-state index in [1.165, 1.54) is 0 Å². The van der Waals surface area contributed by atoms with Gasteiger partial charge < -0.3 is 10.6 Å². The summed E-state index contributed by atoms with van der Waals surface area (Å²) in [6, 6.07) is 3.48. The lowest BCUT2D eigenvalue weighted by molar-refractivity contribution is 0.251. The fourth-order valence-electron chi connectivity index (χ4n) is 1.46.